The summed E-state index contributed by atoms with van der Waals surface area (Å²) in [5.74, 6) is -2.98. The molecule has 94 valence electrons. The van der Waals surface area contributed by atoms with E-state index in [0.29, 0.717) is 4.60 Å². The van der Waals surface area contributed by atoms with Crippen LogP contribution in [-0.4, -0.2) is 21.9 Å². The van der Waals surface area contributed by atoms with Crippen molar-refractivity contribution in [2.45, 2.75) is 25.8 Å². The minimum Gasteiger partial charge on any atom is -0.371 e. The number of hydrogen-bond donors (Lipinski definition) is 1. The van der Waals surface area contributed by atoms with E-state index in [1.165, 1.54) is 13.0 Å². The summed E-state index contributed by atoms with van der Waals surface area (Å²) < 4.78 is 26.3. The van der Waals surface area contributed by atoms with Gasteiger partial charge >= 0.3 is 5.69 Å². The monoisotopic (exact) mass is 309 g/mol. The first-order valence-electron chi connectivity index (χ1n) is 4.66. The summed E-state index contributed by atoms with van der Waals surface area (Å²) in [5.41, 5.74) is -0.338. The molecule has 1 atom stereocenters. The van der Waals surface area contributed by atoms with Gasteiger partial charge in [-0.3, -0.25) is 10.1 Å². The third kappa shape index (κ3) is 3.58. The summed E-state index contributed by atoms with van der Waals surface area (Å²) in [4.78, 5) is 13.7. The third-order valence-electron chi connectivity index (χ3n) is 2.18. The van der Waals surface area contributed by atoms with Gasteiger partial charge in [0.1, 0.15) is 16.5 Å². The van der Waals surface area contributed by atoms with Crippen molar-refractivity contribution in [1.82, 2.24) is 4.98 Å². The molecule has 0 aliphatic rings. The molecule has 0 saturated carbocycles. The second-order valence-electron chi connectivity index (χ2n) is 3.60. The number of nitro groups is 1. The Balaban J connectivity index is 3.04. The fourth-order valence-electron chi connectivity index (χ4n) is 1.04. The van der Waals surface area contributed by atoms with E-state index in [4.69, 9.17) is 0 Å². The topological polar surface area (TPSA) is 68.1 Å². The third-order valence-corrected chi connectivity index (χ3v) is 2.61. The Labute approximate surface area is 105 Å². The Morgan fingerprint density at radius 1 is 1.65 bits per heavy atom. The van der Waals surface area contributed by atoms with Crippen LogP contribution in [0, 0.1) is 10.1 Å². The zero-order chi connectivity index (χ0) is 13.2. The van der Waals surface area contributed by atoms with Crippen LogP contribution >= 0.6 is 15.9 Å². The maximum Gasteiger partial charge on any atom is 0.310 e. The highest BCUT2D eigenvalue weighted by atomic mass is 79.9. The molecular formula is C9H10BrF2N3O2. The van der Waals surface area contributed by atoms with Crippen molar-refractivity contribution < 1.29 is 13.7 Å². The highest BCUT2D eigenvalue weighted by molar-refractivity contribution is 9.10. The van der Waals surface area contributed by atoms with Crippen LogP contribution in [0.5, 0.6) is 0 Å². The predicted molar refractivity (Wildman–Crippen MR) is 62.3 cm³/mol. The van der Waals surface area contributed by atoms with Crippen LogP contribution in [0.25, 0.3) is 0 Å². The maximum atomic E-state index is 13.0. The first-order chi connectivity index (χ1) is 7.71. The smallest absolute Gasteiger partial charge is 0.310 e. The molecule has 0 amide bonds. The molecule has 17 heavy (non-hydrogen) atoms. The van der Waals surface area contributed by atoms with Gasteiger partial charge in [-0.25, -0.2) is 13.8 Å². The molecular weight excluding hydrogens is 300 g/mol. The lowest BCUT2D eigenvalue weighted by atomic mass is 10.2. The average Bonchev–Trinajstić information content (AvgIpc) is 2.15. The molecule has 0 aliphatic carbocycles. The van der Waals surface area contributed by atoms with Gasteiger partial charge in [-0.15, -0.1) is 0 Å². The number of aromatic nitrogens is 1. The fraction of sp³-hybridized carbons (Fsp3) is 0.444. The second-order valence-corrected chi connectivity index (χ2v) is 4.42. The summed E-state index contributed by atoms with van der Waals surface area (Å²) in [6.45, 7) is 1.99. The predicted octanol–water partition coefficient (Wildman–Crippen LogP) is 3.21. The minimum absolute atomic E-state index is 0.00546. The van der Waals surface area contributed by atoms with Gasteiger partial charge in [0.05, 0.1) is 11.0 Å². The van der Waals surface area contributed by atoms with Gasteiger partial charge in [-0.2, -0.15) is 0 Å². The Morgan fingerprint density at radius 2 is 2.24 bits per heavy atom. The van der Waals surface area contributed by atoms with Gasteiger partial charge < -0.3 is 5.32 Å². The number of rotatable bonds is 4. The minimum atomic E-state index is -2.98. The molecule has 0 fully saturated rings. The van der Waals surface area contributed by atoms with Crippen LogP contribution in [0.3, 0.4) is 0 Å². The fourth-order valence-corrected chi connectivity index (χ4v) is 1.38. The number of alkyl halides is 2. The summed E-state index contributed by atoms with van der Waals surface area (Å²) in [7, 11) is 0. The molecule has 1 rings (SSSR count). The molecule has 1 aromatic heterocycles. The van der Waals surface area contributed by atoms with E-state index < -0.39 is 16.9 Å². The van der Waals surface area contributed by atoms with Crippen LogP contribution in [-0.2, 0) is 0 Å². The Morgan fingerprint density at radius 3 is 2.71 bits per heavy atom. The van der Waals surface area contributed by atoms with E-state index in [9.17, 15) is 18.9 Å². The lowest BCUT2D eigenvalue weighted by molar-refractivity contribution is -0.384. The van der Waals surface area contributed by atoms with Gasteiger partial charge in [-0.05, 0) is 22.9 Å². The summed E-state index contributed by atoms with van der Waals surface area (Å²) in [6.07, 6.45) is 1.01. The number of hydrogen-bond acceptors (Lipinski definition) is 4. The highest BCUT2D eigenvalue weighted by Gasteiger charge is 2.31. The molecule has 0 bridgehead atoms. The molecule has 1 aromatic rings. The molecule has 1 N–H and O–H groups in total. The standard InChI is InChI=1S/C9H10BrF2N3O2/c1-5(9(2,11)12)14-6-3-8(10)13-4-7(6)15(16)17/h3-5H,1-2H3,(H,13,14). The van der Waals surface area contributed by atoms with Crippen LogP contribution in [0.2, 0.25) is 0 Å². The SMILES string of the molecule is CC(Nc1cc(Br)ncc1[N+](=O)[O-])C(C)(F)F. The van der Waals surface area contributed by atoms with E-state index in [1.807, 2.05) is 0 Å². The molecule has 0 radical (unpaired) electrons. The lowest BCUT2D eigenvalue weighted by Crippen LogP contribution is -2.34. The van der Waals surface area contributed by atoms with Gasteiger partial charge in [0.15, 0.2) is 0 Å². The van der Waals surface area contributed by atoms with Crippen LogP contribution in [0.15, 0.2) is 16.9 Å². The van der Waals surface area contributed by atoms with Crippen molar-refractivity contribution >= 4 is 27.3 Å². The molecule has 0 saturated heterocycles. The molecule has 1 unspecified atom stereocenters. The molecule has 1 heterocycles. The van der Waals surface area contributed by atoms with E-state index in [-0.39, 0.29) is 11.4 Å². The number of nitrogens with one attached hydrogen (secondary N) is 1. The van der Waals surface area contributed by atoms with Crippen molar-refractivity contribution in [2.24, 2.45) is 0 Å². The number of pyridine rings is 1. The maximum absolute atomic E-state index is 13.0. The summed E-state index contributed by atoms with van der Waals surface area (Å²) >= 11 is 3.02. The van der Waals surface area contributed by atoms with Crippen molar-refractivity contribution in [3.8, 4) is 0 Å². The summed E-state index contributed by atoms with van der Waals surface area (Å²) in [6, 6.07) is 0.0656. The Hall–Kier alpha value is -1.31. The second kappa shape index (κ2) is 4.91. The largest absolute Gasteiger partial charge is 0.371 e. The van der Waals surface area contributed by atoms with Crippen LogP contribution in [0.4, 0.5) is 20.2 Å². The highest BCUT2D eigenvalue weighted by Crippen LogP contribution is 2.29. The zero-order valence-electron chi connectivity index (χ0n) is 9.08. The normalized spacial score (nSPS) is 13.2. The number of anilines is 1. The van der Waals surface area contributed by atoms with E-state index in [1.54, 1.807) is 0 Å². The number of halogens is 3. The average molecular weight is 310 g/mol. The van der Waals surface area contributed by atoms with Crippen molar-refractivity contribution in [3.05, 3.63) is 27.0 Å². The van der Waals surface area contributed by atoms with Gasteiger partial charge in [-0.1, -0.05) is 0 Å². The van der Waals surface area contributed by atoms with Crippen LogP contribution in [0.1, 0.15) is 13.8 Å². The van der Waals surface area contributed by atoms with Crippen LogP contribution < -0.4 is 5.32 Å². The molecule has 5 nitrogen and oxygen atoms in total. The lowest BCUT2D eigenvalue weighted by Gasteiger charge is -2.21. The Kier molecular flexibility index (Phi) is 3.97. The van der Waals surface area contributed by atoms with Crippen molar-refractivity contribution in [3.63, 3.8) is 0 Å². The molecule has 0 aromatic carbocycles. The molecule has 0 spiro atoms. The number of nitrogens with zero attached hydrogens (tertiary/aromatic N) is 2. The van der Waals surface area contributed by atoms with Crippen molar-refractivity contribution in [1.29, 1.82) is 0 Å². The van der Waals surface area contributed by atoms with E-state index in [0.717, 1.165) is 13.1 Å². The van der Waals surface area contributed by atoms with Crippen molar-refractivity contribution in [2.75, 3.05) is 5.32 Å². The first-order valence-corrected chi connectivity index (χ1v) is 5.45. The first kappa shape index (κ1) is 13.8. The van der Waals surface area contributed by atoms with E-state index >= 15 is 0 Å². The molecule has 0 aliphatic heterocycles. The molecule has 8 heteroatoms. The Bertz CT molecular complexity index is 437. The zero-order valence-corrected chi connectivity index (χ0v) is 10.7. The quantitative estimate of drug-likeness (QED) is 0.527. The van der Waals surface area contributed by atoms with Gasteiger partial charge in [0.25, 0.3) is 5.92 Å². The van der Waals surface area contributed by atoms with E-state index in [2.05, 4.69) is 26.2 Å². The van der Waals surface area contributed by atoms with Gasteiger partial charge in [0, 0.05) is 13.0 Å². The summed E-state index contributed by atoms with van der Waals surface area (Å²) in [5, 5.41) is 13.1. The van der Waals surface area contributed by atoms with Gasteiger partial charge in [0.2, 0.25) is 0 Å².